The smallest absolute Gasteiger partial charge is 0.296 e. The molecule has 0 amide bonds. The van der Waals surface area contributed by atoms with Crippen molar-refractivity contribution in [3.05, 3.63) is 28.6 Å². The summed E-state index contributed by atoms with van der Waals surface area (Å²) >= 11 is 0. The second kappa shape index (κ2) is 4.45. The van der Waals surface area contributed by atoms with Crippen molar-refractivity contribution in [2.24, 2.45) is 0 Å². The Labute approximate surface area is 91.5 Å². The topological polar surface area (TPSA) is 53.8 Å². The van der Waals surface area contributed by atoms with Crippen molar-refractivity contribution in [3.8, 4) is 6.07 Å². The lowest BCUT2D eigenvalue weighted by atomic mass is 10.1. The fraction of sp³-hybridized carbons (Fsp3) is 0.222. The summed E-state index contributed by atoms with van der Waals surface area (Å²) in [5, 5.41) is 8.49. The third-order valence-corrected chi connectivity index (χ3v) is 1.82. The fourth-order valence-electron chi connectivity index (χ4n) is 1.12. The van der Waals surface area contributed by atoms with Crippen LogP contribution in [0.1, 0.15) is 33.7 Å². The normalized spacial score (nSPS) is 11.4. The lowest BCUT2D eigenvalue weighted by Crippen LogP contribution is -2.13. The van der Waals surface area contributed by atoms with Crippen LogP contribution in [0.5, 0.6) is 0 Å². The van der Waals surface area contributed by atoms with E-state index in [1.165, 1.54) is 0 Å². The van der Waals surface area contributed by atoms with Crippen LogP contribution in [0.25, 0.3) is 0 Å². The predicted molar refractivity (Wildman–Crippen MR) is 44.3 cm³/mol. The van der Waals surface area contributed by atoms with Crippen molar-refractivity contribution in [2.75, 3.05) is 0 Å². The van der Waals surface area contributed by atoms with Gasteiger partial charge in [-0.25, -0.2) is 13.8 Å². The first-order chi connectivity index (χ1) is 7.81. The fourth-order valence-corrected chi connectivity index (χ4v) is 1.12. The van der Waals surface area contributed by atoms with Crippen LogP contribution in [0.15, 0.2) is 6.07 Å². The number of alkyl halides is 5. The Morgan fingerprint density at radius 2 is 2.00 bits per heavy atom. The summed E-state index contributed by atoms with van der Waals surface area (Å²) in [6.07, 6.45) is -8.43. The molecular formula is C9H3F5N2O. The molecule has 1 heterocycles. The van der Waals surface area contributed by atoms with Gasteiger partial charge in [-0.05, 0) is 6.07 Å². The van der Waals surface area contributed by atoms with E-state index in [0.29, 0.717) is 0 Å². The molecule has 0 radical (unpaired) electrons. The molecule has 0 N–H and O–H groups in total. The van der Waals surface area contributed by atoms with Gasteiger partial charge >= 0.3 is 6.18 Å². The predicted octanol–water partition coefficient (Wildman–Crippen LogP) is 2.72. The number of nitriles is 1. The summed E-state index contributed by atoms with van der Waals surface area (Å²) in [4.78, 5) is 13.4. The van der Waals surface area contributed by atoms with E-state index in [0.717, 1.165) is 6.07 Å². The van der Waals surface area contributed by atoms with Crippen molar-refractivity contribution in [1.82, 2.24) is 4.98 Å². The molecule has 0 fully saturated rings. The molecule has 0 unspecified atom stereocenters. The average molecular weight is 250 g/mol. The van der Waals surface area contributed by atoms with E-state index in [-0.39, 0.29) is 12.4 Å². The lowest BCUT2D eigenvalue weighted by Gasteiger charge is -2.11. The van der Waals surface area contributed by atoms with Crippen molar-refractivity contribution >= 4 is 6.29 Å². The number of carbonyl (C=O) groups excluding carboxylic acids is 1. The first-order valence-corrected chi connectivity index (χ1v) is 4.06. The Morgan fingerprint density at radius 3 is 2.35 bits per heavy atom. The molecular weight excluding hydrogens is 247 g/mol. The second-order valence-electron chi connectivity index (χ2n) is 2.88. The maximum atomic E-state index is 12.5. The molecule has 0 bridgehead atoms. The van der Waals surface area contributed by atoms with Crippen molar-refractivity contribution < 1.29 is 26.7 Å². The van der Waals surface area contributed by atoms with Crippen LogP contribution < -0.4 is 0 Å². The Balaban J connectivity index is 3.61. The Kier molecular flexibility index (Phi) is 3.41. The monoisotopic (exact) mass is 250 g/mol. The molecule has 0 atom stereocenters. The molecule has 17 heavy (non-hydrogen) atoms. The molecule has 0 spiro atoms. The van der Waals surface area contributed by atoms with Gasteiger partial charge in [0.15, 0.2) is 6.29 Å². The number of halogens is 5. The molecule has 1 aromatic rings. The van der Waals surface area contributed by atoms with Gasteiger partial charge < -0.3 is 0 Å². The zero-order chi connectivity index (χ0) is 13.2. The molecule has 0 saturated carbocycles. The average Bonchev–Trinajstić information content (AvgIpc) is 2.25. The number of aldehydes is 1. The number of nitrogens with zero attached hydrogens (tertiary/aromatic N) is 2. The number of hydrogen-bond acceptors (Lipinski definition) is 3. The molecule has 3 nitrogen and oxygen atoms in total. The number of aromatic nitrogens is 1. The highest BCUT2D eigenvalue weighted by atomic mass is 19.4. The first kappa shape index (κ1) is 13.0. The van der Waals surface area contributed by atoms with Gasteiger partial charge in [-0.2, -0.15) is 18.4 Å². The summed E-state index contributed by atoms with van der Waals surface area (Å²) in [5.74, 6) is 0. The van der Waals surface area contributed by atoms with Gasteiger partial charge in [0.2, 0.25) is 0 Å². The van der Waals surface area contributed by atoms with E-state index in [2.05, 4.69) is 4.98 Å². The molecule has 0 aliphatic rings. The van der Waals surface area contributed by atoms with Crippen molar-refractivity contribution in [2.45, 2.75) is 12.6 Å². The van der Waals surface area contributed by atoms with Crippen molar-refractivity contribution in [1.29, 1.82) is 5.26 Å². The maximum absolute atomic E-state index is 12.5. The molecule has 8 heteroatoms. The largest absolute Gasteiger partial charge is 0.417 e. The highest BCUT2D eigenvalue weighted by Gasteiger charge is 2.36. The summed E-state index contributed by atoms with van der Waals surface area (Å²) in [6.45, 7) is 0. The minimum absolute atomic E-state index is 0.0657. The minimum Gasteiger partial charge on any atom is -0.296 e. The molecule has 1 aromatic heterocycles. The molecule has 1 rings (SSSR count). The summed E-state index contributed by atoms with van der Waals surface area (Å²) < 4.78 is 61.9. The van der Waals surface area contributed by atoms with Crippen LogP contribution in [0, 0.1) is 11.3 Å². The van der Waals surface area contributed by atoms with Crippen LogP contribution >= 0.6 is 0 Å². The third kappa shape index (κ3) is 2.55. The highest BCUT2D eigenvalue weighted by Crippen LogP contribution is 2.34. The SMILES string of the molecule is N#Cc1c(C(F)(F)F)cc(C(F)F)nc1C=O. The van der Waals surface area contributed by atoms with Crippen LogP contribution in [0.4, 0.5) is 22.0 Å². The van der Waals surface area contributed by atoms with E-state index in [1.807, 2.05) is 0 Å². The number of pyridine rings is 1. The van der Waals surface area contributed by atoms with E-state index in [9.17, 15) is 26.7 Å². The van der Waals surface area contributed by atoms with Gasteiger partial charge in [0.05, 0.1) is 11.1 Å². The quantitative estimate of drug-likeness (QED) is 0.599. The van der Waals surface area contributed by atoms with Crippen LogP contribution in [-0.2, 0) is 6.18 Å². The molecule has 90 valence electrons. The Morgan fingerprint density at radius 1 is 1.41 bits per heavy atom. The molecule has 0 aliphatic heterocycles. The van der Waals surface area contributed by atoms with Gasteiger partial charge in [-0.1, -0.05) is 0 Å². The summed E-state index contributed by atoms with van der Waals surface area (Å²) in [7, 11) is 0. The van der Waals surface area contributed by atoms with Crippen LogP contribution in [0.3, 0.4) is 0 Å². The second-order valence-corrected chi connectivity index (χ2v) is 2.88. The number of hydrogen-bond donors (Lipinski definition) is 0. The molecule has 0 aliphatic carbocycles. The highest BCUT2D eigenvalue weighted by molar-refractivity contribution is 5.77. The van der Waals surface area contributed by atoms with Gasteiger partial charge in [0.25, 0.3) is 6.43 Å². The van der Waals surface area contributed by atoms with Crippen LogP contribution in [-0.4, -0.2) is 11.3 Å². The minimum atomic E-state index is -5.00. The van der Waals surface area contributed by atoms with Crippen LogP contribution in [0.2, 0.25) is 0 Å². The summed E-state index contributed by atoms with van der Waals surface area (Å²) in [6, 6.07) is 1.19. The maximum Gasteiger partial charge on any atom is 0.417 e. The zero-order valence-corrected chi connectivity index (χ0v) is 7.92. The van der Waals surface area contributed by atoms with E-state index in [1.54, 1.807) is 0 Å². The number of rotatable bonds is 2. The van der Waals surface area contributed by atoms with Gasteiger partial charge in [0.1, 0.15) is 17.5 Å². The molecule has 0 aromatic carbocycles. The Hall–Kier alpha value is -2.04. The summed E-state index contributed by atoms with van der Waals surface area (Å²) in [5.41, 5.74) is -4.79. The standard InChI is InChI=1S/C9H3F5N2O/c10-8(11)6-1-5(9(12,13)14)4(2-15)7(3-17)16-6/h1,3,8H. The van der Waals surface area contributed by atoms with E-state index < -0.39 is 35.1 Å². The lowest BCUT2D eigenvalue weighted by molar-refractivity contribution is -0.138. The van der Waals surface area contributed by atoms with E-state index in [4.69, 9.17) is 5.26 Å². The number of carbonyl (C=O) groups is 1. The first-order valence-electron chi connectivity index (χ1n) is 4.06. The third-order valence-electron chi connectivity index (χ3n) is 1.82. The van der Waals surface area contributed by atoms with Gasteiger partial charge in [0, 0.05) is 0 Å². The molecule has 0 saturated heterocycles. The Bertz CT molecular complexity index is 489. The van der Waals surface area contributed by atoms with Crippen molar-refractivity contribution in [3.63, 3.8) is 0 Å². The zero-order valence-electron chi connectivity index (χ0n) is 7.92. The van der Waals surface area contributed by atoms with Gasteiger partial charge in [-0.3, -0.25) is 4.79 Å². The van der Waals surface area contributed by atoms with E-state index >= 15 is 0 Å². The van der Waals surface area contributed by atoms with Gasteiger partial charge in [-0.15, -0.1) is 0 Å².